The van der Waals surface area contributed by atoms with Crippen LogP contribution in [0.25, 0.3) is 0 Å². The Balaban J connectivity index is 3.10. The van der Waals surface area contributed by atoms with Crippen molar-refractivity contribution < 1.29 is 14.3 Å². The average molecular weight is 169 g/mol. The van der Waals surface area contributed by atoms with Gasteiger partial charge in [-0.15, -0.1) is 0 Å². The smallest absolute Gasteiger partial charge is 0.335 e. The van der Waals surface area contributed by atoms with E-state index in [1.54, 1.807) is 0 Å². The molecule has 64 valence electrons. The summed E-state index contributed by atoms with van der Waals surface area (Å²) in [7, 11) is 0. The fraction of sp³-hybridized carbons (Fsp3) is 0.125. The number of carboxylic acids is 1. The van der Waals surface area contributed by atoms with E-state index in [0.717, 1.165) is 0 Å². The van der Waals surface area contributed by atoms with Gasteiger partial charge in [-0.25, -0.2) is 9.18 Å². The topological polar surface area (TPSA) is 63.3 Å². The highest BCUT2D eigenvalue weighted by Crippen LogP contribution is 2.15. The molecule has 0 heterocycles. The van der Waals surface area contributed by atoms with E-state index in [4.69, 9.17) is 10.8 Å². The maximum Gasteiger partial charge on any atom is 0.335 e. The highest BCUT2D eigenvalue weighted by Gasteiger charge is 2.05. The molecule has 3 N–H and O–H groups in total. The molecule has 0 saturated heterocycles. The Labute approximate surface area is 68.6 Å². The van der Waals surface area contributed by atoms with Gasteiger partial charge in [0.2, 0.25) is 0 Å². The van der Waals surface area contributed by atoms with Crippen molar-refractivity contribution in [3.63, 3.8) is 0 Å². The van der Waals surface area contributed by atoms with E-state index in [1.165, 1.54) is 18.2 Å². The Hall–Kier alpha value is -1.58. The van der Waals surface area contributed by atoms with Gasteiger partial charge >= 0.3 is 5.97 Å². The van der Waals surface area contributed by atoms with Crippen LogP contribution < -0.4 is 5.73 Å². The molecular weight excluding hydrogens is 161 g/mol. The summed E-state index contributed by atoms with van der Waals surface area (Å²) in [6, 6.07) is 3.95. The van der Waals surface area contributed by atoms with Gasteiger partial charge in [-0.3, -0.25) is 0 Å². The quantitative estimate of drug-likeness (QED) is 0.658. The number of carbonyl (C=O) groups is 1. The van der Waals surface area contributed by atoms with Gasteiger partial charge in [0.25, 0.3) is 0 Å². The van der Waals surface area contributed by atoms with Crippen LogP contribution in [0.4, 0.5) is 10.1 Å². The molecule has 0 atom stereocenters. The summed E-state index contributed by atoms with van der Waals surface area (Å²) in [5.41, 5.74) is 5.94. The normalized spacial score (nSPS) is 9.75. The van der Waals surface area contributed by atoms with Crippen LogP contribution >= 0.6 is 0 Å². The Morgan fingerprint density at radius 2 is 2.25 bits per heavy atom. The molecule has 0 unspecified atom stereocenters. The first kappa shape index (κ1) is 8.52. The molecule has 0 aromatic heterocycles. The van der Waals surface area contributed by atoms with Crippen LogP contribution in [-0.4, -0.2) is 11.1 Å². The molecule has 0 amide bonds. The third-order valence-electron chi connectivity index (χ3n) is 1.54. The van der Waals surface area contributed by atoms with E-state index >= 15 is 0 Å². The van der Waals surface area contributed by atoms with Crippen molar-refractivity contribution in [1.29, 1.82) is 0 Å². The van der Waals surface area contributed by atoms with E-state index in [2.05, 4.69) is 0 Å². The van der Waals surface area contributed by atoms with Gasteiger partial charge in [0.15, 0.2) is 0 Å². The minimum Gasteiger partial charge on any atom is -0.478 e. The number of nitrogen functional groups attached to an aromatic ring is 1. The summed E-state index contributed by atoms with van der Waals surface area (Å²) in [6.07, 6.45) is 0. The van der Waals surface area contributed by atoms with Crippen molar-refractivity contribution in [3.05, 3.63) is 29.3 Å². The maximum absolute atomic E-state index is 12.1. The van der Waals surface area contributed by atoms with Crippen LogP contribution in [0.2, 0.25) is 0 Å². The number of nitrogens with two attached hydrogens (primary N) is 1. The third-order valence-corrected chi connectivity index (χ3v) is 1.54. The van der Waals surface area contributed by atoms with Crippen molar-refractivity contribution in [2.75, 3.05) is 5.73 Å². The molecule has 1 rings (SSSR count). The van der Waals surface area contributed by atoms with Crippen molar-refractivity contribution in [2.45, 2.75) is 6.67 Å². The van der Waals surface area contributed by atoms with Crippen molar-refractivity contribution in [1.82, 2.24) is 0 Å². The number of hydrogen-bond acceptors (Lipinski definition) is 2. The lowest BCUT2D eigenvalue weighted by Gasteiger charge is -2.01. The predicted octanol–water partition coefficient (Wildman–Crippen LogP) is 1.44. The molecule has 4 heteroatoms. The Kier molecular flexibility index (Phi) is 2.28. The molecule has 0 bridgehead atoms. The Morgan fingerprint density at radius 3 is 2.67 bits per heavy atom. The molecular formula is C8H8FNO2. The summed E-state index contributed by atoms with van der Waals surface area (Å²) in [6.45, 7) is -0.675. The average Bonchev–Trinajstić information content (AvgIpc) is 2.04. The highest BCUT2D eigenvalue weighted by atomic mass is 19.1. The number of anilines is 1. The Morgan fingerprint density at radius 1 is 1.58 bits per heavy atom. The molecule has 0 aliphatic heterocycles. The van der Waals surface area contributed by atoms with E-state index in [9.17, 15) is 9.18 Å². The minimum absolute atomic E-state index is 0.0738. The van der Waals surface area contributed by atoms with Crippen LogP contribution in [0.15, 0.2) is 18.2 Å². The summed E-state index contributed by atoms with van der Waals surface area (Å²) in [5.74, 6) is -1.06. The second-order valence-electron chi connectivity index (χ2n) is 2.35. The SMILES string of the molecule is Nc1cc(C(=O)O)ccc1CF. The summed E-state index contributed by atoms with van der Waals surface area (Å²) in [5, 5.41) is 8.52. The van der Waals surface area contributed by atoms with Crippen LogP contribution in [-0.2, 0) is 6.67 Å². The number of benzene rings is 1. The minimum atomic E-state index is -1.06. The monoisotopic (exact) mass is 169 g/mol. The van der Waals surface area contributed by atoms with Gasteiger partial charge in [-0.05, 0) is 12.1 Å². The van der Waals surface area contributed by atoms with Crippen molar-refractivity contribution >= 4 is 11.7 Å². The number of aromatic carboxylic acids is 1. The second kappa shape index (κ2) is 3.21. The third kappa shape index (κ3) is 1.53. The van der Waals surface area contributed by atoms with Gasteiger partial charge < -0.3 is 10.8 Å². The van der Waals surface area contributed by atoms with Crippen LogP contribution in [0.5, 0.6) is 0 Å². The molecule has 0 fully saturated rings. The second-order valence-corrected chi connectivity index (χ2v) is 2.35. The zero-order chi connectivity index (χ0) is 9.14. The largest absolute Gasteiger partial charge is 0.478 e. The lowest BCUT2D eigenvalue weighted by atomic mass is 10.1. The molecule has 12 heavy (non-hydrogen) atoms. The summed E-state index contributed by atoms with van der Waals surface area (Å²) in [4.78, 5) is 10.4. The van der Waals surface area contributed by atoms with Gasteiger partial charge in [-0.2, -0.15) is 0 Å². The van der Waals surface area contributed by atoms with Gasteiger partial charge in [0.1, 0.15) is 6.67 Å². The zero-order valence-corrected chi connectivity index (χ0v) is 6.25. The fourth-order valence-electron chi connectivity index (χ4n) is 0.850. The molecule has 1 aromatic carbocycles. The molecule has 1 aromatic rings. The van der Waals surface area contributed by atoms with Crippen molar-refractivity contribution in [2.24, 2.45) is 0 Å². The molecule has 0 saturated carbocycles. The van der Waals surface area contributed by atoms with Gasteiger partial charge in [0.05, 0.1) is 5.56 Å². The zero-order valence-electron chi connectivity index (χ0n) is 6.25. The first-order valence-electron chi connectivity index (χ1n) is 3.33. The molecule has 0 aliphatic rings. The molecule has 0 aliphatic carbocycles. The van der Waals surface area contributed by atoms with E-state index < -0.39 is 12.6 Å². The summed E-state index contributed by atoms with van der Waals surface area (Å²) < 4.78 is 12.1. The first-order valence-corrected chi connectivity index (χ1v) is 3.33. The standard InChI is InChI=1S/C8H8FNO2/c9-4-6-2-1-5(8(11)12)3-7(6)10/h1-3H,4,10H2,(H,11,12). The first-order chi connectivity index (χ1) is 5.65. The van der Waals surface area contributed by atoms with E-state index in [0.29, 0.717) is 5.56 Å². The lowest BCUT2D eigenvalue weighted by Crippen LogP contribution is -1.99. The lowest BCUT2D eigenvalue weighted by molar-refractivity contribution is 0.0697. The predicted molar refractivity (Wildman–Crippen MR) is 42.6 cm³/mol. The van der Waals surface area contributed by atoms with Gasteiger partial charge in [0, 0.05) is 11.3 Å². The number of carboxylic acid groups (broad SMARTS) is 1. The highest BCUT2D eigenvalue weighted by molar-refractivity contribution is 5.88. The summed E-state index contributed by atoms with van der Waals surface area (Å²) >= 11 is 0. The van der Waals surface area contributed by atoms with E-state index in [1.807, 2.05) is 0 Å². The Bertz CT molecular complexity index is 312. The van der Waals surface area contributed by atoms with Crippen LogP contribution in [0.3, 0.4) is 0 Å². The number of rotatable bonds is 2. The molecule has 3 nitrogen and oxygen atoms in total. The van der Waals surface area contributed by atoms with Crippen LogP contribution in [0.1, 0.15) is 15.9 Å². The number of halogens is 1. The number of hydrogen-bond donors (Lipinski definition) is 2. The van der Waals surface area contributed by atoms with E-state index in [-0.39, 0.29) is 11.3 Å². The maximum atomic E-state index is 12.1. The van der Waals surface area contributed by atoms with Crippen molar-refractivity contribution in [3.8, 4) is 0 Å². The molecule has 0 radical (unpaired) electrons. The molecule has 0 spiro atoms. The number of alkyl halides is 1. The van der Waals surface area contributed by atoms with Crippen LogP contribution in [0, 0.1) is 0 Å². The van der Waals surface area contributed by atoms with Gasteiger partial charge in [-0.1, -0.05) is 6.07 Å². The fourth-order valence-corrected chi connectivity index (χ4v) is 0.850.